The third-order valence-electron chi connectivity index (χ3n) is 3.34. The average Bonchev–Trinajstić information content (AvgIpc) is 2.95. The highest BCUT2D eigenvalue weighted by Crippen LogP contribution is 2.20. The molecule has 0 radical (unpaired) electrons. The summed E-state index contributed by atoms with van der Waals surface area (Å²) in [4.78, 5) is 11.9. The van der Waals surface area contributed by atoms with E-state index >= 15 is 0 Å². The van der Waals surface area contributed by atoms with Crippen molar-refractivity contribution in [2.24, 2.45) is 5.14 Å². The summed E-state index contributed by atoms with van der Waals surface area (Å²) in [6, 6.07) is 0.0996. The summed E-state index contributed by atoms with van der Waals surface area (Å²) in [5.74, 6) is -0.480. The first kappa shape index (κ1) is 14.0. The second kappa shape index (κ2) is 5.30. The molecule has 1 saturated carbocycles. The maximum absolute atomic E-state index is 12.1. The van der Waals surface area contributed by atoms with E-state index in [1.165, 1.54) is 0 Å². The van der Waals surface area contributed by atoms with Crippen molar-refractivity contribution < 1.29 is 13.2 Å². The molecule has 1 amide bonds. The number of hydrogen-bond donors (Lipinski definition) is 3. The Balaban J connectivity index is 2.29. The molecular formula is C11H18N4O3S. The molecule has 0 aromatic carbocycles. The standard InChI is InChI=1S/C11H18N4O3S/c1-2-8-10(19(12,17)18)9(15-14-8)11(16)13-7-5-3-4-6-7/h7H,2-6H2,1H3,(H,13,16)(H,14,15)(H2,12,17,18). The highest BCUT2D eigenvalue weighted by molar-refractivity contribution is 7.89. The van der Waals surface area contributed by atoms with Gasteiger partial charge in [0.25, 0.3) is 5.91 Å². The lowest BCUT2D eigenvalue weighted by molar-refractivity contribution is 0.0929. The molecule has 0 bridgehead atoms. The van der Waals surface area contributed by atoms with Gasteiger partial charge in [0.05, 0.1) is 5.69 Å². The van der Waals surface area contributed by atoms with E-state index in [1.807, 2.05) is 0 Å². The summed E-state index contributed by atoms with van der Waals surface area (Å²) in [5, 5.41) is 14.3. The van der Waals surface area contributed by atoms with E-state index in [4.69, 9.17) is 5.14 Å². The number of nitrogens with zero attached hydrogens (tertiary/aromatic N) is 1. The molecule has 1 aliphatic rings. The molecular weight excluding hydrogens is 268 g/mol. The molecule has 7 nitrogen and oxygen atoms in total. The normalized spacial score (nSPS) is 16.7. The molecule has 1 aliphatic carbocycles. The van der Waals surface area contributed by atoms with E-state index in [1.54, 1.807) is 6.92 Å². The van der Waals surface area contributed by atoms with E-state index in [9.17, 15) is 13.2 Å². The summed E-state index contributed by atoms with van der Waals surface area (Å²) in [6.07, 6.45) is 4.40. The van der Waals surface area contributed by atoms with Crippen LogP contribution in [0, 0.1) is 0 Å². The van der Waals surface area contributed by atoms with Crippen molar-refractivity contribution >= 4 is 15.9 Å². The summed E-state index contributed by atoms with van der Waals surface area (Å²) < 4.78 is 23.1. The van der Waals surface area contributed by atoms with Gasteiger partial charge < -0.3 is 5.32 Å². The van der Waals surface area contributed by atoms with Gasteiger partial charge in [-0.05, 0) is 19.3 Å². The number of aromatic nitrogens is 2. The number of H-pyrrole nitrogens is 1. The Morgan fingerprint density at radius 3 is 2.63 bits per heavy atom. The first-order valence-electron chi connectivity index (χ1n) is 6.34. The number of aryl methyl sites for hydroxylation is 1. The highest BCUT2D eigenvalue weighted by atomic mass is 32.2. The highest BCUT2D eigenvalue weighted by Gasteiger charge is 2.28. The van der Waals surface area contributed by atoms with Crippen LogP contribution in [0.4, 0.5) is 0 Å². The van der Waals surface area contributed by atoms with Crippen molar-refractivity contribution in [1.29, 1.82) is 0 Å². The smallest absolute Gasteiger partial charge is 0.273 e. The molecule has 106 valence electrons. The van der Waals surface area contributed by atoms with Crippen molar-refractivity contribution in [1.82, 2.24) is 15.5 Å². The maximum atomic E-state index is 12.1. The van der Waals surface area contributed by atoms with Gasteiger partial charge in [0, 0.05) is 6.04 Å². The zero-order valence-corrected chi connectivity index (χ0v) is 11.6. The van der Waals surface area contributed by atoms with Crippen LogP contribution < -0.4 is 10.5 Å². The molecule has 4 N–H and O–H groups in total. The zero-order valence-electron chi connectivity index (χ0n) is 10.8. The first-order chi connectivity index (χ1) is 8.93. The molecule has 0 aliphatic heterocycles. The average molecular weight is 286 g/mol. The molecule has 0 unspecified atom stereocenters. The van der Waals surface area contributed by atoms with Crippen LogP contribution in [-0.2, 0) is 16.4 Å². The Hall–Kier alpha value is -1.41. The van der Waals surface area contributed by atoms with Crippen molar-refractivity contribution in [3.63, 3.8) is 0 Å². The van der Waals surface area contributed by atoms with Crippen molar-refractivity contribution in [2.75, 3.05) is 0 Å². The SMILES string of the molecule is CCc1[nH]nc(C(=O)NC2CCCC2)c1S(N)(=O)=O. The predicted molar refractivity (Wildman–Crippen MR) is 69.1 cm³/mol. The lowest BCUT2D eigenvalue weighted by Gasteiger charge is -2.11. The Bertz CT molecular complexity index is 573. The molecule has 0 saturated heterocycles. The third-order valence-corrected chi connectivity index (χ3v) is 4.34. The van der Waals surface area contributed by atoms with E-state index in [2.05, 4.69) is 15.5 Å². The molecule has 19 heavy (non-hydrogen) atoms. The number of carbonyl (C=O) groups excluding carboxylic acids is 1. The van der Waals surface area contributed by atoms with Crippen molar-refractivity contribution in [3.05, 3.63) is 11.4 Å². The summed E-state index contributed by atoms with van der Waals surface area (Å²) >= 11 is 0. The minimum absolute atomic E-state index is 0.0996. The van der Waals surface area contributed by atoms with Crippen LogP contribution in [-0.4, -0.2) is 30.6 Å². The monoisotopic (exact) mass is 286 g/mol. The van der Waals surface area contributed by atoms with E-state index in [0.29, 0.717) is 12.1 Å². The van der Waals surface area contributed by atoms with Gasteiger partial charge in [0.1, 0.15) is 4.90 Å². The van der Waals surface area contributed by atoms with Gasteiger partial charge in [0.15, 0.2) is 5.69 Å². The quantitative estimate of drug-likeness (QED) is 0.737. The maximum Gasteiger partial charge on any atom is 0.273 e. The van der Waals surface area contributed by atoms with Crippen LogP contribution in [0.5, 0.6) is 0 Å². The summed E-state index contributed by atoms with van der Waals surface area (Å²) in [7, 11) is -3.97. The molecule has 1 fully saturated rings. The second-order valence-corrected chi connectivity index (χ2v) is 6.23. The fraction of sp³-hybridized carbons (Fsp3) is 0.636. The zero-order chi connectivity index (χ0) is 14.0. The fourth-order valence-electron chi connectivity index (χ4n) is 2.39. The van der Waals surface area contributed by atoms with Crippen LogP contribution in [0.25, 0.3) is 0 Å². The van der Waals surface area contributed by atoms with Gasteiger partial charge in [-0.1, -0.05) is 19.8 Å². The minimum atomic E-state index is -3.97. The number of carbonyl (C=O) groups is 1. The summed E-state index contributed by atoms with van der Waals surface area (Å²) in [6.45, 7) is 1.76. The number of nitrogens with two attached hydrogens (primary N) is 1. The van der Waals surface area contributed by atoms with Crippen LogP contribution in [0.2, 0.25) is 0 Å². The third kappa shape index (κ3) is 2.95. The largest absolute Gasteiger partial charge is 0.348 e. The van der Waals surface area contributed by atoms with Gasteiger partial charge >= 0.3 is 0 Å². The Labute approximate surface area is 112 Å². The molecule has 0 spiro atoms. The van der Waals surface area contributed by atoms with Gasteiger partial charge in [-0.3, -0.25) is 9.89 Å². The number of amides is 1. The minimum Gasteiger partial charge on any atom is -0.348 e. The number of primary sulfonamides is 1. The number of hydrogen-bond acceptors (Lipinski definition) is 4. The van der Waals surface area contributed by atoms with Crippen LogP contribution in [0.3, 0.4) is 0 Å². The molecule has 8 heteroatoms. The Morgan fingerprint density at radius 1 is 1.47 bits per heavy atom. The summed E-state index contributed by atoms with van der Waals surface area (Å²) in [5.41, 5.74) is 0.227. The van der Waals surface area contributed by atoms with Gasteiger partial charge in [-0.2, -0.15) is 5.10 Å². The molecule has 2 rings (SSSR count). The molecule has 1 heterocycles. The predicted octanol–water partition coefficient (Wildman–Crippen LogP) is 0.292. The lowest BCUT2D eigenvalue weighted by Crippen LogP contribution is -2.34. The van der Waals surface area contributed by atoms with E-state index in [-0.39, 0.29) is 16.6 Å². The van der Waals surface area contributed by atoms with Gasteiger partial charge in [0.2, 0.25) is 10.0 Å². The number of aromatic amines is 1. The number of nitrogens with one attached hydrogen (secondary N) is 2. The second-order valence-electron chi connectivity index (χ2n) is 4.73. The van der Waals surface area contributed by atoms with Crippen molar-refractivity contribution in [2.45, 2.75) is 50.0 Å². The van der Waals surface area contributed by atoms with Crippen LogP contribution >= 0.6 is 0 Å². The van der Waals surface area contributed by atoms with E-state index in [0.717, 1.165) is 25.7 Å². The van der Waals surface area contributed by atoms with Crippen molar-refractivity contribution in [3.8, 4) is 0 Å². The molecule has 1 aromatic rings. The number of rotatable bonds is 4. The molecule has 0 atom stereocenters. The Morgan fingerprint density at radius 2 is 2.11 bits per heavy atom. The number of sulfonamides is 1. The van der Waals surface area contributed by atoms with Crippen LogP contribution in [0.15, 0.2) is 4.90 Å². The van der Waals surface area contributed by atoms with Gasteiger partial charge in [-0.25, -0.2) is 13.6 Å². The fourth-order valence-corrected chi connectivity index (χ4v) is 3.33. The first-order valence-corrected chi connectivity index (χ1v) is 7.89. The lowest BCUT2D eigenvalue weighted by atomic mass is 10.2. The van der Waals surface area contributed by atoms with Gasteiger partial charge in [-0.15, -0.1) is 0 Å². The molecule has 1 aromatic heterocycles. The van der Waals surface area contributed by atoms with Crippen LogP contribution in [0.1, 0.15) is 48.8 Å². The van der Waals surface area contributed by atoms with E-state index < -0.39 is 15.9 Å². The topological polar surface area (TPSA) is 118 Å². The Kier molecular flexibility index (Phi) is 3.91.